The van der Waals surface area contributed by atoms with Crippen LogP contribution in [0.15, 0.2) is 71.8 Å². The molecule has 10 nitrogen and oxygen atoms in total. The largest absolute Gasteiger partial charge is 0.450 e. The van der Waals surface area contributed by atoms with Gasteiger partial charge in [-0.15, -0.1) is 0 Å². The molecule has 3 aromatic carbocycles. The van der Waals surface area contributed by atoms with E-state index >= 15 is 0 Å². The van der Waals surface area contributed by atoms with Crippen LogP contribution < -0.4 is 10.2 Å². The van der Waals surface area contributed by atoms with Crippen LogP contribution in [-0.4, -0.2) is 22.0 Å². The van der Waals surface area contributed by atoms with Crippen molar-refractivity contribution in [2.24, 2.45) is 5.10 Å². The van der Waals surface area contributed by atoms with Crippen LogP contribution in [0, 0.1) is 20.2 Å². The zero-order valence-electron chi connectivity index (χ0n) is 19.4. The van der Waals surface area contributed by atoms with Crippen molar-refractivity contribution in [3.05, 3.63) is 104 Å². The highest BCUT2D eigenvalue weighted by molar-refractivity contribution is 5.83. The molecule has 1 N–H and O–H groups in total. The molecule has 0 atom stereocenters. The fraction of sp³-hybridized carbons (Fsp3) is 0.200. The standard InChI is InChI=1S/C25H24N4O6/c1-25(2,3)19-8-4-17(5-9-19)14-24(30)27-26-16-18-6-11-21(12-7-18)35-23-13-10-20(28(31)32)15-22(23)29(33)34/h4-13,15-16H,14H2,1-3H3,(H,27,30)/b26-16-. The summed E-state index contributed by atoms with van der Waals surface area (Å²) < 4.78 is 5.52. The molecule has 0 unspecified atom stereocenters. The van der Waals surface area contributed by atoms with E-state index in [0.717, 1.165) is 17.7 Å². The molecular formula is C25H24N4O6. The first-order valence-corrected chi connectivity index (χ1v) is 10.6. The van der Waals surface area contributed by atoms with Crippen molar-refractivity contribution >= 4 is 23.5 Å². The number of amides is 1. The molecular weight excluding hydrogens is 452 g/mol. The van der Waals surface area contributed by atoms with Gasteiger partial charge in [0, 0.05) is 6.07 Å². The number of benzene rings is 3. The summed E-state index contributed by atoms with van der Waals surface area (Å²) in [7, 11) is 0. The van der Waals surface area contributed by atoms with E-state index in [-0.39, 0.29) is 23.5 Å². The van der Waals surface area contributed by atoms with Gasteiger partial charge < -0.3 is 4.74 Å². The topological polar surface area (TPSA) is 137 Å². The summed E-state index contributed by atoms with van der Waals surface area (Å²) in [5.74, 6) is -0.0816. The van der Waals surface area contributed by atoms with Gasteiger partial charge in [0.15, 0.2) is 0 Å². The molecule has 0 aliphatic rings. The van der Waals surface area contributed by atoms with Crippen molar-refractivity contribution in [1.29, 1.82) is 0 Å². The number of nitro benzene ring substituents is 2. The SMILES string of the molecule is CC(C)(C)c1ccc(CC(=O)N/N=C\c2ccc(Oc3ccc([N+](=O)[O-])cc3[N+](=O)[O-])cc2)cc1. The molecule has 0 bridgehead atoms. The molecule has 10 heteroatoms. The van der Waals surface area contributed by atoms with E-state index in [1.165, 1.54) is 17.8 Å². The summed E-state index contributed by atoms with van der Waals surface area (Å²) in [5, 5.41) is 26.0. The molecule has 0 fully saturated rings. The fourth-order valence-corrected chi connectivity index (χ4v) is 3.12. The summed E-state index contributed by atoms with van der Waals surface area (Å²) in [6, 6.07) is 17.5. The number of nitrogens with one attached hydrogen (secondary N) is 1. The van der Waals surface area contributed by atoms with Crippen molar-refractivity contribution in [3.8, 4) is 11.5 Å². The Labute approximate surface area is 201 Å². The number of non-ortho nitro benzene ring substituents is 1. The van der Waals surface area contributed by atoms with Gasteiger partial charge in [0.25, 0.3) is 5.69 Å². The number of hydrogen-bond acceptors (Lipinski definition) is 7. The maximum absolute atomic E-state index is 12.2. The van der Waals surface area contributed by atoms with Gasteiger partial charge in [-0.2, -0.15) is 5.10 Å². The van der Waals surface area contributed by atoms with Crippen LogP contribution in [-0.2, 0) is 16.6 Å². The van der Waals surface area contributed by atoms with Crippen molar-refractivity contribution in [1.82, 2.24) is 5.43 Å². The molecule has 35 heavy (non-hydrogen) atoms. The lowest BCUT2D eigenvalue weighted by Gasteiger charge is -2.19. The Morgan fingerprint density at radius 2 is 1.63 bits per heavy atom. The average Bonchev–Trinajstić information content (AvgIpc) is 2.80. The van der Waals surface area contributed by atoms with Crippen LogP contribution in [0.25, 0.3) is 0 Å². The second kappa shape index (κ2) is 10.6. The Balaban J connectivity index is 1.58. The molecule has 0 saturated heterocycles. The Bertz CT molecular complexity index is 1260. The number of nitro groups is 2. The Morgan fingerprint density at radius 3 is 2.20 bits per heavy atom. The van der Waals surface area contributed by atoms with Crippen molar-refractivity contribution in [2.75, 3.05) is 0 Å². The first kappa shape index (κ1) is 25.0. The van der Waals surface area contributed by atoms with Gasteiger partial charge in [0.05, 0.1) is 28.5 Å². The molecule has 180 valence electrons. The third-order valence-electron chi connectivity index (χ3n) is 5.05. The maximum Gasteiger partial charge on any atom is 0.318 e. The van der Waals surface area contributed by atoms with Gasteiger partial charge in [-0.1, -0.05) is 45.0 Å². The normalized spacial score (nSPS) is 11.3. The van der Waals surface area contributed by atoms with Gasteiger partial charge >= 0.3 is 5.69 Å². The second-order valence-electron chi connectivity index (χ2n) is 8.75. The molecule has 0 aromatic heterocycles. The summed E-state index contributed by atoms with van der Waals surface area (Å²) in [4.78, 5) is 32.8. The van der Waals surface area contributed by atoms with Crippen LogP contribution in [0.4, 0.5) is 11.4 Å². The molecule has 0 spiro atoms. The van der Waals surface area contributed by atoms with Crippen LogP contribution in [0.2, 0.25) is 0 Å². The van der Waals surface area contributed by atoms with Crippen molar-refractivity contribution in [3.63, 3.8) is 0 Å². The van der Waals surface area contributed by atoms with Crippen LogP contribution >= 0.6 is 0 Å². The molecule has 0 saturated carbocycles. The molecule has 0 radical (unpaired) electrons. The highest BCUT2D eigenvalue weighted by atomic mass is 16.6. The Hall–Kier alpha value is -4.60. The predicted octanol–water partition coefficient (Wildman–Crippen LogP) is 5.29. The number of rotatable bonds is 8. The fourth-order valence-electron chi connectivity index (χ4n) is 3.12. The molecule has 3 aromatic rings. The third kappa shape index (κ3) is 6.94. The summed E-state index contributed by atoms with van der Waals surface area (Å²) >= 11 is 0. The van der Waals surface area contributed by atoms with Gasteiger partial charge in [0.1, 0.15) is 5.75 Å². The molecule has 0 heterocycles. The van der Waals surface area contributed by atoms with Crippen molar-refractivity contribution < 1.29 is 19.4 Å². The maximum atomic E-state index is 12.2. The zero-order valence-corrected chi connectivity index (χ0v) is 19.4. The zero-order chi connectivity index (χ0) is 25.6. The van der Waals surface area contributed by atoms with E-state index < -0.39 is 21.2 Å². The highest BCUT2D eigenvalue weighted by Gasteiger charge is 2.21. The number of ether oxygens (including phenoxy) is 1. The quantitative estimate of drug-likeness (QED) is 0.267. The smallest absolute Gasteiger partial charge is 0.318 e. The number of carbonyl (C=O) groups excluding carboxylic acids is 1. The third-order valence-corrected chi connectivity index (χ3v) is 5.05. The van der Waals surface area contributed by atoms with Crippen molar-refractivity contribution in [2.45, 2.75) is 32.6 Å². The molecule has 0 aliphatic carbocycles. The number of nitrogens with zero attached hydrogens (tertiary/aromatic N) is 3. The molecule has 1 amide bonds. The summed E-state index contributed by atoms with van der Waals surface area (Å²) in [6.07, 6.45) is 1.65. The minimum Gasteiger partial charge on any atom is -0.450 e. The Morgan fingerprint density at radius 1 is 0.971 bits per heavy atom. The van der Waals surface area contributed by atoms with Gasteiger partial charge in [0.2, 0.25) is 11.7 Å². The lowest BCUT2D eigenvalue weighted by Crippen LogP contribution is -2.20. The number of hydrazone groups is 1. The van der Waals surface area contributed by atoms with E-state index in [0.29, 0.717) is 11.3 Å². The van der Waals surface area contributed by atoms with E-state index in [1.54, 1.807) is 24.3 Å². The minimum absolute atomic E-state index is 0.0439. The van der Waals surface area contributed by atoms with Gasteiger partial charge in [-0.3, -0.25) is 25.0 Å². The highest BCUT2D eigenvalue weighted by Crippen LogP contribution is 2.34. The van der Waals surface area contributed by atoms with Crippen LogP contribution in [0.5, 0.6) is 11.5 Å². The van der Waals surface area contributed by atoms with E-state index in [2.05, 4.69) is 31.3 Å². The van der Waals surface area contributed by atoms with E-state index in [9.17, 15) is 25.0 Å². The van der Waals surface area contributed by atoms with Crippen LogP contribution in [0.3, 0.4) is 0 Å². The second-order valence-corrected chi connectivity index (χ2v) is 8.75. The van der Waals surface area contributed by atoms with E-state index in [4.69, 9.17) is 4.74 Å². The van der Waals surface area contributed by atoms with Crippen LogP contribution in [0.1, 0.15) is 37.5 Å². The van der Waals surface area contributed by atoms with Gasteiger partial charge in [-0.05, 0) is 52.4 Å². The first-order valence-electron chi connectivity index (χ1n) is 10.6. The van der Waals surface area contributed by atoms with Gasteiger partial charge in [-0.25, -0.2) is 5.43 Å². The average molecular weight is 476 g/mol. The lowest BCUT2D eigenvalue weighted by molar-refractivity contribution is -0.394. The number of carbonyl (C=O) groups is 1. The monoisotopic (exact) mass is 476 g/mol. The molecule has 3 rings (SSSR count). The Kier molecular flexibility index (Phi) is 7.55. The molecule has 0 aliphatic heterocycles. The number of hydrogen-bond donors (Lipinski definition) is 1. The summed E-state index contributed by atoms with van der Waals surface area (Å²) in [5.41, 5.74) is 4.34. The predicted molar refractivity (Wildman–Crippen MR) is 131 cm³/mol. The lowest BCUT2D eigenvalue weighted by atomic mass is 9.86. The minimum atomic E-state index is -0.745. The van der Waals surface area contributed by atoms with E-state index in [1.807, 2.05) is 24.3 Å². The summed E-state index contributed by atoms with van der Waals surface area (Å²) in [6.45, 7) is 6.38. The first-order chi connectivity index (χ1) is 16.5.